The number of piperidine rings is 1. The van der Waals surface area contributed by atoms with Crippen molar-refractivity contribution in [2.75, 3.05) is 25.9 Å². The highest BCUT2D eigenvalue weighted by molar-refractivity contribution is 7.88. The molecule has 136 valence electrons. The first-order chi connectivity index (χ1) is 11.3. The highest BCUT2D eigenvalue weighted by Gasteiger charge is 2.55. The summed E-state index contributed by atoms with van der Waals surface area (Å²) in [5.74, 6) is 3.00. The van der Waals surface area contributed by atoms with Gasteiger partial charge in [-0.3, -0.25) is 4.79 Å². The maximum Gasteiger partial charge on any atom is 0.228 e. The molecule has 1 atom stereocenters. The van der Waals surface area contributed by atoms with Crippen LogP contribution >= 0.6 is 0 Å². The van der Waals surface area contributed by atoms with Crippen LogP contribution in [0.4, 0.5) is 0 Å². The van der Waals surface area contributed by atoms with E-state index in [4.69, 9.17) is 0 Å². The number of hydrogen-bond acceptors (Lipinski definition) is 3. The van der Waals surface area contributed by atoms with Crippen LogP contribution in [0.1, 0.15) is 51.4 Å². The number of likely N-dealkylation sites (tertiary alicyclic amines) is 1. The van der Waals surface area contributed by atoms with E-state index in [9.17, 15) is 13.2 Å². The zero-order chi connectivity index (χ0) is 16.9. The van der Waals surface area contributed by atoms with Crippen molar-refractivity contribution in [3.63, 3.8) is 0 Å². The summed E-state index contributed by atoms with van der Waals surface area (Å²) in [6.07, 6.45) is 10.6. The summed E-state index contributed by atoms with van der Waals surface area (Å²) in [4.78, 5) is 15.5. The van der Waals surface area contributed by atoms with Crippen LogP contribution in [0, 0.1) is 29.1 Å². The van der Waals surface area contributed by atoms with Crippen LogP contribution in [-0.4, -0.2) is 45.1 Å². The number of rotatable bonds is 4. The molecule has 0 spiro atoms. The number of carbonyl (C=O) groups excluding carboxylic acids is 1. The van der Waals surface area contributed by atoms with Gasteiger partial charge in [0.15, 0.2) is 0 Å². The highest BCUT2D eigenvalue weighted by atomic mass is 32.2. The van der Waals surface area contributed by atoms with Crippen LogP contribution in [-0.2, 0) is 14.8 Å². The molecule has 4 saturated carbocycles. The van der Waals surface area contributed by atoms with Crippen molar-refractivity contribution >= 4 is 15.9 Å². The minimum Gasteiger partial charge on any atom is -0.342 e. The zero-order valence-electron chi connectivity index (χ0n) is 14.7. The van der Waals surface area contributed by atoms with Crippen molar-refractivity contribution in [2.24, 2.45) is 29.1 Å². The number of hydrogen-bond donors (Lipinski definition) is 1. The minimum atomic E-state index is -3.15. The van der Waals surface area contributed by atoms with Crippen molar-refractivity contribution in [1.29, 1.82) is 0 Å². The maximum atomic E-state index is 13.4. The summed E-state index contributed by atoms with van der Waals surface area (Å²) in [6.45, 7) is 2.04. The predicted molar refractivity (Wildman–Crippen MR) is 92.8 cm³/mol. The van der Waals surface area contributed by atoms with Crippen LogP contribution in [0.2, 0.25) is 0 Å². The fourth-order valence-corrected chi connectivity index (χ4v) is 6.93. The molecule has 1 N–H and O–H groups in total. The van der Waals surface area contributed by atoms with Crippen LogP contribution in [0.3, 0.4) is 0 Å². The second-order valence-corrected chi connectivity index (χ2v) is 10.9. The third-order valence-electron chi connectivity index (χ3n) is 6.93. The number of amides is 1. The van der Waals surface area contributed by atoms with Crippen molar-refractivity contribution in [3.8, 4) is 0 Å². The molecule has 5 rings (SSSR count). The van der Waals surface area contributed by atoms with Crippen molar-refractivity contribution < 1.29 is 13.2 Å². The summed E-state index contributed by atoms with van der Waals surface area (Å²) < 4.78 is 25.3. The Hall–Kier alpha value is -0.620. The second-order valence-electron chi connectivity index (χ2n) is 9.08. The van der Waals surface area contributed by atoms with Crippen LogP contribution in [0.15, 0.2) is 0 Å². The second kappa shape index (κ2) is 5.97. The Labute approximate surface area is 145 Å². The third kappa shape index (κ3) is 3.24. The van der Waals surface area contributed by atoms with E-state index in [1.807, 2.05) is 0 Å². The van der Waals surface area contributed by atoms with E-state index in [-0.39, 0.29) is 11.3 Å². The first-order valence-corrected chi connectivity index (χ1v) is 11.5. The van der Waals surface area contributed by atoms with Gasteiger partial charge in [-0.05, 0) is 75.0 Å². The van der Waals surface area contributed by atoms with Gasteiger partial charge in [0.2, 0.25) is 15.9 Å². The molecule has 0 aromatic rings. The van der Waals surface area contributed by atoms with Gasteiger partial charge in [0.1, 0.15) is 0 Å². The molecule has 5 aliphatic rings. The Kier molecular flexibility index (Phi) is 4.19. The molecule has 1 heterocycles. The minimum absolute atomic E-state index is 0.0686. The summed E-state index contributed by atoms with van der Waals surface area (Å²) in [6, 6.07) is 0. The average Bonchev–Trinajstić information content (AvgIpc) is 2.50. The van der Waals surface area contributed by atoms with Gasteiger partial charge in [0.25, 0.3) is 0 Å². The number of nitrogens with zero attached hydrogens (tertiary/aromatic N) is 1. The van der Waals surface area contributed by atoms with Crippen LogP contribution in [0.25, 0.3) is 0 Å². The average molecular weight is 355 g/mol. The Morgan fingerprint density at radius 3 is 2.25 bits per heavy atom. The molecule has 4 bridgehead atoms. The Morgan fingerprint density at radius 2 is 1.71 bits per heavy atom. The number of sulfonamides is 1. The lowest BCUT2D eigenvalue weighted by atomic mass is 9.49. The SMILES string of the molecule is CS(=O)(=O)NC[C@@H]1CCCN(C(=O)C23CC4CC(CC(C4)C2)C3)C1. The summed E-state index contributed by atoms with van der Waals surface area (Å²) in [5, 5.41) is 0. The third-order valence-corrected chi connectivity index (χ3v) is 7.62. The van der Waals surface area contributed by atoms with Gasteiger partial charge in [0, 0.05) is 19.6 Å². The molecule has 24 heavy (non-hydrogen) atoms. The van der Waals surface area contributed by atoms with Crippen molar-refractivity contribution in [3.05, 3.63) is 0 Å². The molecule has 5 nitrogen and oxygen atoms in total. The normalized spacial score (nSPS) is 41.6. The number of nitrogens with one attached hydrogen (secondary N) is 1. The summed E-state index contributed by atoms with van der Waals surface area (Å²) in [5.41, 5.74) is -0.0686. The first kappa shape index (κ1) is 16.8. The molecule has 0 aromatic carbocycles. The fraction of sp³-hybridized carbons (Fsp3) is 0.944. The van der Waals surface area contributed by atoms with Gasteiger partial charge in [-0.2, -0.15) is 0 Å². The van der Waals surface area contributed by atoms with Gasteiger partial charge in [-0.25, -0.2) is 13.1 Å². The van der Waals surface area contributed by atoms with Gasteiger partial charge >= 0.3 is 0 Å². The maximum absolute atomic E-state index is 13.4. The molecule has 5 fully saturated rings. The molecule has 6 heteroatoms. The van der Waals surface area contributed by atoms with E-state index in [2.05, 4.69) is 9.62 Å². The Balaban J connectivity index is 1.42. The van der Waals surface area contributed by atoms with Gasteiger partial charge < -0.3 is 4.90 Å². The molecule has 4 aliphatic carbocycles. The van der Waals surface area contributed by atoms with E-state index in [0.29, 0.717) is 12.5 Å². The molecule has 1 amide bonds. The van der Waals surface area contributed by atoms with E-state index in [1.165, 1.54) is 25.5 Å². The lowest BCUT2D eigenvalue weighted by molar-refractivity contribution is -0.159. The molecular weight excluding hydrogens is 324 g/mol. The molecule has 1 saturated heterocycles. The van der Waals surface area contributed by atoms with E-state index in [0.717, 1.165) is 62.9 Å². The van der Waals surface area contributed by atoms with Crippen molar-refractivity contribution in [2.45, 2.75) is 51.4 Å². The van der Waals surface area contributed by atoms with Gasteiger partial charge in [-0.1, -0.05) is 0 Å². The first-order valence-electron chi connectivity index (χ1n) is 9.57. The molecule has 1 aliphatic heterocycles. The Bertz CT molecular complexity index is 580. The van der Waals surface area contributed by atoms with E-state index in [1.54, 1.807) is 0 Å². The van der Waals surface area contributed by atoms with Gasteiger partial charge in [-0.15, -0.1) is 0 Å². The quantitative estimate of drug-likeness (QED) is 0.840. The summed E-state index contributed by atoms with van der Waals surface area (Å²) >= 11 is 0. The summed E-state index contributed by atoms with van der Waals surface area (Å²) in [7, 11) is -3.15. The predicted octanol–water partition coefficient (Wildman–Crippen LogP) is 1.99. The van der Waals surface area contributed by atoms with E-state index < -0.39 is 10.0 Å². The topological polar surface area (TPSA) is 66.5 Å². The molecule has 0 aromatic heterocycles. The van der Waals surface area contributed by atoms with Crippen molar-refractivity contribution in [1.82, 2.24) is 9.62 Å². The lowest BCUT2D eigenvalue weighted by Gasteiger charge is -2.57. The number of carbonyl (C=O) groups is 1. The highest BCUT2D eigenvalue weighted by Crippen LogP contribution is 2.60. The van der Waals surface area contributed by atoms with E-state index >= 15 is 0 Å². The molecular formula is C18H30N2O3S. The monoisotopic (exact) mass is 354 g/mol. The smallest absolute Gasteiger partial charge is 0.228 e. The molecule has 0 radical (unpaired) electrons. The lowest BCUT2D eigenvalue weighted by Crippen LogP contribution is -2.56. The fourth-order valence-electron chi connectivity index (χ4n) is 6.39. The largest absolute Gasteiger partial charge is 0.342 e. The zero-order valence-corrected chi connectivity index (χ0v) is 15.5. The standard InChI is InChI=1S/C18H30N2O3S/c1-24(22,23)19-11-13-3-2-4-20(12-13)17(21)18-8-14-5-15(9-18)7-16(6-14)10-18/h13-16,19H,2-12H2,1H3/t13-,14?,15?,16?,18?/m0/s1. The van der Waals surface area contributed by atoms with Crippen LogP contribution < -0.4 is 4.72 Å². The van der Waals surface area contributed by atoms with Crippen LogP contribution in [0.5, 0.6) is 0 Å². The molecule has 0 unspecified atom stereocenters. The van der Waals surface area contributed by atoms with Gasteiger partial charge in [0.05, 0.1) is 11.7 Å². The Morgan fingerprint density at radius 1 is 1.12 bits per heavy atom.